The standard InChI is InChI=1S/C18H18FN5OS.C2H5NO.C2H6/c1-11(12-8-13(19)10-20-9-12)21-18-22-14-4-7-26-16(14)15(23-18)17(25)24-5-2-3-6-24;1-2(3)4;1-2/h4,7-11H,2-3,5-6H2,1H3,(H,21,22,23);1H3,(H2,3,4);1-2H3. The van der Waals surface area contributed by atoms with Gasteiger partial charge in [0.25, 0.3) is 5.91 Å². The van der Waals surface area contributed by atoms with Gasteiger partial charge in [0.15, 0.2) is 5.69 Å². The third-order valence-electron chi connectivity index (χ3n) is 4.47. The monoisotopic (exact) mass is 460 g/mol. The maximum absolute atomic E-state index is 13.4. The number of carbonyl (C=O) groups is 2. The van der Waals surface area contributed by atoms with Crippen molar-refractivity contribution in [1.82, 2.24) is 19.9 Å². The molecule has 1 aliphatic heterocycles. The van der Waals surface area contributed by atoms with Crippen LogP contribution < -0.4 is 11.1 Å². The molecule has 8 nitrogen and oxygen atoms in total. The molecule has 0 bridgehead atoms. The van der Waals surface area contributed by atoms with Crippen molar-refractivity contribution in [3.8, 4) is 0 Å². The number of nitrogens with one attached hydrogen (secondary N) is 1. The van der Waals surface area contributed by atoms with Crippen molar-refractivity contribution < 1.29 is 14.0 Å². The summed E-state index contributed by atoms with van der Waals surface area (Å²) >= 11 is 1.47. The molecule has 0 spiro atoms. The highest BCUT2D eigenvalue weighted by molar-refractivity contribution is 7.17. The lowest BCUT2D eigenvalue weighted by Crippen LogP contribution is -2.28. The summed E-state index contributed by atoms with van der Waals surface area (Å²) in [5.74, 6) is -0.425. The zero-order chi connectivity index (χ0) is 23.7. The number of fused-ring (bicyclic) bond motifs is 1. The maximum atomic E-state index is 13.4. The van der Waals surface area contributed by atoms with E-state index in [9.17, 15) is 14.0 Å². The zero-order valence-corrected chi connectivity index (χ0v) is 19.6. The Hall–Kier alpha value is -3.14. The van der Waals surface area contributed by atoms with Crippen molar-refractivity contribution in [3.05, 3.63) is 47.0 Å². The van der Waals surface area contributed by atoms with E-state index in [2.05, 4.69) is 26.0 Å². The number of nitrogens with two attached hydrogens (primary N) is 1. The van der Waals surface area contributed by atoms with Crippen LogP contribution in [0.15, 0.2) is 29.9 Å². The number of thiophene rings is 1. The first kappa shape index (κ1) is 25.1. The van der Waals surface area contributed by atoms with Gasteiger partial charge < -0.3 is 16.0 Å². The summed E-state index contributed by atoms with van der Waals surface area (Å²) < 4.78 is 14.2. The first-order valence-electron chi connectivity index (χ1n) is 10.5. The lowest BCUT2D eigenvalue weighted by atomic mass is 10.1. The summed E-state index contributed by atoms with van der Waals surface area (Å²) in [6.45, 7) is 8.72. The predicted octanol–water partition coefficient (Wildman–Crippen LogP) is 4.15. The van der Waals surface area contributed by atoms with E-state index >= 15 is 0 Å². The van der Waals surface area contributed by atoms with Gasteiger partial charge in [-0.15, -0.1) is 11.3 Å². The Balaban J connectivity index is 0.000000547. The van der Waals surface area contributed by atoms with E-state index in [-0.39, 0.29) is 17.9 Å². The first-order valence-corrected chi connectivity index (χ1v) is 11.4. The molecule has 4 rings (SSSR count). The lowest BCUT2D eigenvalue weighted by Gasteiger charge is -2.17. The minimum Gasteiger partial charge on any atom is -0.370 e. The number of hydrogen-bond donors (Lipinski definition) is 2. The smallest absolute Gasteiger partial charge is 0.274 e. The summed E-state index contributed by atoms with van der Waals surface area (Å²) in [5.41, 5.74) is 6.32. The molecule has 1 aliphatic rings. The number of nitrogens with zero attached hydrogens (tertiary/aromatic N) is 4. The van der Waals surface area contributed by atoms with Crippen LogP contribution in [0.25, 0.3) is 10.2 Å². The van der Waals surface area contributed by atoms with Crippen molar-refractivity contribution in [1.29, 1.82) is 0 Å². The number of amides is 2. The molecule has 10 heteroatoms. The second-order valence-electron chi connectivity index (χ2n) is 6.94. The van der Waals surface area contributed by atoms with Gasteiger partial charge in [0.05, 0.1) is 22.5 Å². The van der Waals surface area contributed by atoms with Crippen molar-refractivity contribution in [2.24, 2.45) is 5.73 Å². The topological polar surface area (TPSA) is 114 Å². The first-order chi connectivity index (χ1) is 15.3. The number of aromatic nitrogens is 3. The molecule has 32 heavy (non-hydrogen) atoms. The van der Waals surface area contributed by atoms with Crippen LogP contribution in [0.1, 0.15) is 62.6 Å². The quantitative estimate of drug-likeness (QED) is 0.604. The molecule has 0 aromatic carbocycles. The Morgan fingerprint density at radius 2 is 1.88 bits per heavy atom. The van der Waals surface area contributed by atoms with E-state index in [0.29, 0.717) is 17.2 Å². The Morgan fingerprint density at radius 3 is 2.50 bits per heavy atom. The summed E-state index contributed by atoms with van der Waals surface area (Å²) in [7, 11) is 0. The zero-order valence-electron chi connectivity index (χ0n) is 18.8. The maximum Gasteiger partial charge on any atom is 0.274 e. The Labute approximate surface area is 191 Å². The third kappa shape index (κ3) is 6.68. The van der Waals surface area contributed by atoms with E-state index in [1.807, 2.05) is 37.1 Å². The summed E-state index contributed by atoms with van der Waals surface area (Å²) in [6, 6.07) is 3.05. The Bertz CT molecular complexity index is 1050. The predicted molar refractivity (Wildman–Crippen MR) is 125 cm³/mol. The molecule has 172 valence electrons. The van der Waals surface area contributed by atoms with E-state index < -0.39 is 5.82 Å². The van der Waals surface area contributed by atoms with Crippen molar-refractivity contribution in [2.75, 3.05) is 18.4 Å². The summed E-state index contributed by atoms with van der Waals surface area (Å²) in [4.78, 5) is 36.8. The van der Waals surface area contributed by atoms with Crippen LogP contribution in [0.4, 0.5) is 10.3 Å². The highest BCUT2D eigenvalue weighted by Gasteiger charge is 2.24. The van der Waals surface area contributed by atoms with E-state index in [1.54, 1.807) is 6.20 Å². The van der Waals surface area contributed by atoms with E-state index in [4.69, 9.17) is 0 Å². The SMILES string of the molecule is CC.CC(N)=O.CC(Nc1nc(C(=O)N2CCCC2)c2sccc2n1)c1cncc(F)c1. The minimum absolute atomic E-state index is 0.0551. The van der Waals surface area contributed by atoms with Gasteiger partial charge >= 0.3 is 0 Å². The number of anilines is 1. The number of likely N-dealkylation sites (tertiary alicyclic amines) is 1. The molecule has 1 fully saturated rings. The Kier molecular flexibility index (Phi) is 9.45. The molecule has 1 saturated heterocycles. The average Bonchev–Trinajstić information content (AvgIpc) is 3.46. The fourth-order valence-corrected chi connectivity index (χ4v) is 3.90. The number of halogens is 1. The van der Waals surface area contributed by atoms with E-state index in [0.717, 1.165) is 42.3 Å². The van der Waals surface area contributed by atoms with Gasteiger partial charge in [-0.05, 0) is 42.8 Å². The van der Waals surface area contributed by atoms with Crippen LogP contribution in [0.2, 0.25) is 0 Å². The largest absolute Gasteiger partial charge is 0.370 e. The lowest BCUT2D eigenvalue weighted by molar-refractivity contribution is -0.115. The van der Waals surface area contributed by atoms with Gasteiger partial charge in [-0.1, -0.05) is 13.8 Å². The van der Waals surface area contributed by atoms with Crippen LogP contribution in [0.5, 0.6) is 0 Å². The average molecular weight is 461 g/mol. The number of hydrogen-bond acceptors (Lipinski definition) is 7. The molecule has 0 saturated carbocycles. The van der Waals surface area contributed by atoms with Crippen molar-refractivity contribution in [2.45, 2.75) is 46.6 Å². The van der Waals surface area contributed by atoms with Crippen LogP contribution in [0, 0.1) is 5.82 Å². The Morgan fingerprint density at radius 1 is 1.22 bits per heavy atom. The van der Waals surface area contributed by atoms with Gasteiger partial charge in [0.1, 0.15) is 5.82 Å². The number of rotatable bonds is 4. The molecule has 1 unspecified atom stereocenters. The number of carbonyl (C=O) groups excluding carboxylic acids is 2. The molecule has 2 amide bonds. The summed E-state index contributed by atoms with van der Waals surface area (Å²) in [5, 5.41) is 5.06. The molecule has 3 aromatic heterocycles. The third-order valence-corrected chi connectivity index (χ3v) is 5.38. The van der Waals surface area contributed by atoms with Gasteiger partial charge in [-0.25, -0.2) is 14.4 Å². The van der Waals surface area contributed by atoms with Crippen LogP contribution in [-0.2, 0) is 4.79 Å². The molecule has 1 atom stereocenters. The normalized spacial score (nSPS) is 13.5. The van der Waals surface area contributed by atoms with Gasteiger partial charge in [-0.2, -0.15) is 0 Å². The second kappa shape index (κ2) is 12.0. The number of pyridine rings is 1. The van der Waals surface area contributed by atoms with Crippen molar-refractivity contribution >= 4 is 39.3 Å². The summed E-state index contributed by atoms with van der Waals surface area (Å²) in [6.07, 6.45) is 4.81. The van der Waals surface area contributed by atoms with Crippen molar-refractivity contribution in [3.63, 3.8) is 0 Å². The molecular weight excluding hydrogens is 431 g/mol. The fraction of sp³-hybridized carbons (Fsp3) is 0.409. The highest BCUT2D eigenvalue weighted by Crippen LogP contribution is 2.27. The second-order valence-corrected chi connectivity index (χ2v) is 7.86. The van der Waals surface area contributed by atoms with Gasteiger partial charge in [-0.3, -0.25) is 14.6 Å². The molecule has 3 aromatic rings. The van der Waals surface area contributed by atoms with Crippen LogP contribution >= 0.6 is 11.3 Å². The molecular formula is C22H29FN6O2S. The van der Waals surface area contributed by atoms with Gasteiger partial charge in [0.2, 0.25) is 11.9 Å². The highest BCUT2D eigenvalue weighted by atomic mass is 32.1. The number of primary amides is 1. The molecule has 0 aliphatic carbocycles. The molecule has 4 heterocycles. The van der Waals surface area contributed by atoms with Crippen LogP contribution in [0.3, 0.4) is 0 Å². The van der Waals surface area contributed by atoms with Gasteiger partial charge in [0, 0.05) is 26.2 Å². The fourth-order valence-electron chi connectivity index (χ4n) is 3.09. The van der Waals surface area contributed by atoms with Crippen LogP contribution in [-0.4, -0.2) is 44.8 Å². The molecule has 0 radical (unpaired) electrons. The van der Waals surface area contributed by atoms with E-state index in [1.165, 1.54) is 24.3 Å². The molecule has 3 N–H and O–H groups in total. The minimum atomic E-state index is -0.393.